The van der Waals surface area contributed by atoms with Gasteiger partial charge in [0.15, 0.2) is 17.3 Å². The van der Waals surface area contributed by atoms with Crippen LogP contribution in [0.5, 0.6) is 11.5 Å². The Balaban J connectivity index is 1.85. The summed E-state index contributed by atoms with van der Waals surface area (Å²) in [5, 5.41) is 17.9. The molecule has 0 radical (unpaired) electrons. The number of nitrogens with one attached hydrogen (secondary N) is 3. The molecule has 16 nitrogen and oxygen atoms in total. The largest absolute Gasteiger partial charge is 0.493 e. The van der Waals surface area contributed by atoms with Crippen molar-refractivity contribution in [1.82, 2.24) is 20.9 Å². The highest BCUT2D eigenvalue weighted by Crippen LogP contribution is 2.41. The van der Waals surface area contributed by atoms with E-state index in [0.29, 0.717) is 52.3 Å². The van der Waals surface area contributed by atoms with Crippen LogP contribution < -0.4 is 25.4 Å². The van der Waals surface area contributed by atoms with Crippen molar-refractivity contribution in [3.8, 4) is 22.6 Å². The second-order valence-corrected chi connectivity index (χ2v) is 22.0. The molecule has 0 aromatic heterocycles. The van der Waals surface area contributed by atoms with Crippen LogP contribution in [0.3, 0.4) is 0 Å². The number of likely N-dealkylation sites (N-methyl/N-ethyl adjacent to an activating group) is 1. The molecular weight excluding hydrogens is 969 g/mol. The van der Waals surface area contributed by atoms with E-state index in [-0.39, 0.29) is 76.4 Å². The van der Waals surface area contributed by atoms with E-state index < -0.39 is 64.9 Å². The van der Waals surface area contributed by atoms with Gasteiger partial charge in [-0.05, 0) is 134 Å². The van der Waals surface area contributed by atoms with Crippen LogP contribution in [0.1, 0.15) is 172 Å². The standard InChI is InChI=1S/C60H86N4O12/c1-12-14-15-16-17-19-41-21-24-45(39(3)33-41)50(67)38-44(27-28-61-57(71)75-59(5,6)7)56(70)64(11)54-43-23-26-53(73-31-13-2)47(37-43)46-35-42(22-25-52(46)74-32-29-62-58(72)76-60(8,9)10)36-48(49(66)20-18-30-65)63-55(69)40(4)34-51(54)68/h21-26,33,35,37,40,44,48,54,65H,12-20,27-32,34,36,38H2,1-11H3,(H,61,71)(H,62,72)(H,63,69)/t40-,44-,48+,54+/m1/s1. The Hall–Kier alpha value is -6.29. The van der Waals surface area contributed by atoms with Crippen molar-refractivity contribution in [1.29, 1.82) is 0 Å². The number of ether oxygens (including phenoxy) is 4. The van der Waals surface area contributed by atoms with Crippen LogP contribution in [0.15, 0.2) is 54.6 Å². The third-order valence-electron chi connectivity index (χ3n) is 13.0. The number of Topliss-reactive ketones (excluding diaryl/α,β-unsaturated/α-hetero) is 3. The van der Waals surface area contributed by atoms with E-state index in [2.05, 4.69) is 22.9 Å². The molecule has 76 heavy (non-hydrogen) atoms. The number of aliphatic hydroxyl groups excluding tert-OH is 1. The highest BCUT2D eigenvalue weighted by atomic mass is 16.6. The molecule has 4 rings (SSSR count). The van der Waals surface area contributed by atoms with Crippen LogP contribution in [0, 0.1) is 18.8 Å². The van der Waals surface area contributed by atoms with E-state index in [9.17, 15) is 29.1 Å². The highest BCUT2D eigenvalue weighted by Gasteiger charge is 2.37. The summed E-state index contributed by atoms with van der Waals surface area (Å²) in [6.07, 6.45) is 5.71. The molecule has 3 aromatic rings. The molecular formula is C60H86N4O12. The van der Waals surface area contributed by atoms with Gasteiger partial charge in [-0.1, -0.05) is 76.8 Å². The third-order valence-corrected chi connectivity index (χ3v) is 13.0. The maximum absolute atomic E-state index is 15.2. The summed E-state index contributed by atoms with van der Waals surface area (Å²) in [6, 6.07) is 14.0. The molecule has 1 heterocycles. The van der Waals surface area contributed by atoms with Gasteiger partial charge >= 0.3 is 12.2 Å². The summed E-state index contributed by atoms with van der Waals surface area (Å²) in [7, 11) is 1.50. The Labute approximate surface area is 451 Å². The van der Waals surface area contributed by atoms with Crippen LogP contribution in [0.2, 0.25) is 0 Å². The molecule has 4 bridgehead atoms. The zero-order chi connectivity index (χ0) is 56.2. The van der Waals surface area contributed by atoms with E-state index in [1.165, 1.54) is 24.8 Å². The Kier molecular flexibility index (Phi) is 24.5. The quantitative estimate of drug-likeness (QED) is 0.0461. The molecule has 0 spiro atoms. The molecule has 0 saturated carbocycles. The zero-order valence-electron chi connectivity index (χ0n) is 47.1. The molecule has 1 aliphatic rings. The summed E-state index contributed by atoms with van der Waals surface area (Å²) in [6.45, 7) is 18.3. The second kappa shape index (κ2) is 29.9. The number of aliphatic hydroxyl groups is 1. The van der Waals surface area contributed by atoms with Gasteiger partial charge in [-0.2, -0.15) is 0 Å². The number of amides is 4. The first-order valence-corrected chi connectivity index (χ1v) is 27.3. The molecule has 4 atom stereocenters. The summed E-state index contributed by atoms with van der Waals surface area (Å²) in [4.78, 5) is 99.2. The van der Waals surface area contributed by atoms with E-state index in [1.807, 2.05) is 38.1 Å². The summed E-state index contributed by atoms with van der Waals surface area (Å²) < 4.78 is 23.6. The third kappa shape index (κ3) is 20.0. The zero-order valence-corrected chi connectivity index (χ0v) is 47.1. The predicted molar refractivity (Wildman–Crippen MR) is 294 cm³/mol. The maximum atomic E-state index is 15.2. The van der Waals surface area contributed by atoms with Crippen molar-refractivity contribution >= 4 is 41.4 Å². The number of carbonyl (C=O) groups excluding carboxylic acids is 7. The van der Waals surface area contributed by atoms with Gasteiger partial charge in [-0.25, -0.2) is 9.59 Å². The Morgan fingerprint density at radius 2 is 1.39 bits per heavy atom. The SMILES string of the molecule is CCCCCCCc1ccc(C(=O)C[C@@H](CCNC(=O)OC(C)(C)C)C(=O)N(C)[C@@H]2C(=O)C[C@@H](C)C(=O)N[C@H](C(=O)CCCO)Cc3ccc(OCCNC(=O)OC(C)(C)C)c(c3)-c3cc2ccc3OCCC)c(C)c1. The Morgan fingerprint density at radius 1 is 0.763 bits per heavy atom. The predicted octanol–water partition coefficient (Wildman–Crippen LogP) is 10.1. The second-order valence-electron chi connectivity index (χ2n) is 22.0. The van der Waals surface area contributed by atoms with Crippen molar-refractivity contribution in [2.24, 2.45) is 11.8 Å². The minimum Gasteiger partial charge on any atom is -0.493 e. The van der Waals surface area contributed by atoms with Crippen molar-refractivity contribution in [2.45, 2.75) is 176 Å². The van der Waals surface area contributed by atoms with Crippen LogP contribution in [-0.2, 0) is 41.5 Å². The minimum atomic E-state index is -1.30. The fourth-order valence-corrected chi connectivity index (χ4v) is 9.14. The van der Waals surface area contributed by atoms with Crippen LogP contribution >= 0.6 is 0 Å². The number of benzene rings is 3. The lowest BCUT2D eigenvalue weighted by molar-refractivity contribution is -0.142. The average molecular weight is 1060 g/mol. The van der Waals surface area contributed by atoms with Gasteiger partial charge in [-0.15, -0.1) is 0 Å². The number of hydrogen-bond acceptors (Lipinski definition) is 12. The molecule has 0 saturated heterocycles. The van der Waals surface area contributed by atoms with E-state index >= 15 is 9.59 Å². The van der Waals surface area contributed by atoms with Gasteiger partial charge in [0.05, 0.1) is 19.2 Å². The molecule has 3 aromatic carbocycles. The van der Waals surface area contributed by atoms with Gasteiger partial charge in [0, 0.05) is 68.0 Å². The average Bonchev–Trinajstić information content (AvgIpc) is 3.34. The molecule has 0 unspecified atom stereocenters. The number of aryl methyl sites for hydroxylation is 2. The number of alkyl carbamates (subject to hydrolysis) is 2. The summed E-state index contributed by atoms with van der Waals surface area (Å²) in [5.41, 5.74) is 2.97. The number of nitrogens with zero attached hydrogens (tertiary/aromatic N) is 1. The van der Waals surface area contributed by atoms with Crippen LogP contribution in [0.25, 0.3) is 11.1 Å². The Morgan fingerprint density at radius 3 is 2.03 bits per heavy atom. The summed E-state index contributed by atoms with van der Waals surface area (Å²) >= 11 is 0. The highest BCUT2D eigenvalue weighted by molar-refractivity contribution is 6.01. The van der Waals surface area contributed by atoms with Gasteiger partial charge in [-0.3, -0.25) is 24.0 Å². The maximum Gasteiger partial charge on any atom is 0.407 e. The van der Waals surface area contributed by atoms with Gasteiger partial charge in [0.25, 0.3) is 0 Å². The topological polar surface area (TPSA) is 216 Å². The van der Waals surface area contributed by atoms with E-state index in [1.54, 1.807) is 78.8 Å². The number of unbranched alkanes of at least 4 members (excludes halogenated alkanes) is 4. The molecule has 418 valence electrons. The monoisotopic (exact) mass is 1050 g/mol. The van der Waals surface area contributed by atoms with E-state index in [4.69, 9.17) is 18.9 Å². The fourth-order valence-electron chi connectivity index (χ4n) is 9.14. The fraction of sp³-hybridized carbons (Fsp3) is 0.583. The molecule has 16 heteroatoms. The van der Waals surface area contributed by atoms with E-state index in [0.717, 1.165) is 36.8 Å². The lowest BCUT2D eigenvalue weighted by Gasteiger charge is -2.32. The molecule has 4 amide bonds. The normalized spacial score (nSPS) is 16.3. The van der Waals surface area contributed by atoms with Crippen molar-refractivity contribution in [3.05, 3.63) is 82.4 Å². The first-order valence-electron chi connectivity index (χ1n) is 27.3. The minimum absolute atomic E-state index is 0.000521. The molecule has 4 N–H and O–H groups in total. The first-order chi connectivity index (χ1) is 35.9. The summed E-state index contributed by atoms with van der Waals surface area (Å²) in [5.74, 6) is -3.28. The van der Waals surface area contributed by atoms with Gasteiger partial charge in [0.2, 0.25) is 11.8 Å². The van der Waals surface area contributed by atoms with Crippen molar-refractivity contribution in [3.63, 3.8) is 0 Å². The lowest BCUT2D eigenvalue weighted by Crippen LogP contribution is -2.46. The smallest absolute Gasteiger partial charge is 0.407 e. The lowest BCUT2D eigenvalue weighted by atomic mass is 9.87. The molecule has 0 fully saturated rings. The van der Waals surface area contributed by atoms with Gasteiger partial charge < -0.3 is 44.9 Å². The molecule has 0 aliphatic carbocycles. The van der Waals surface area contributed by atoms with Crippen molar-refractivity contribution < 1.29 is 57.6 Å². The van der Waals surface area contributed by atoms with Gasteiger partial charge in [0.1, 0.15) is 35.3 Å². The Bertz CT molecular complexity index is 2460. The van der Waals surface area contributed by atoms with Crippen LogP contribution in [0.4, 0.5) is 9.59 Å². The number of ketones is 3. The molecule has 1 aliphatic heterocycles. The number of carbonyl (C=O) groups is 7. The first kappa shape index (κ1) is 62.3. The van der Waals surface area contributed by atoms with Crippen LogP contribution in [-0.4, -0.2) is 109 Å². The number of rotatable bonds is 25. The number of hydrogen-bond donors (Lipinski definition) is 4. The number of fused-ring (bicyclic) bond motifs is 5. The van der Waals surface area contributed by atoms with Crippen molar-refractivity contribution in [2.75, 3.05) is 40.0 Å².